The Balaban J connectivity index is 1.53. The number of hydrogen-bond acceptors (Lipinski definition) is 8. The fraction of sp³-hybridized carbons (Fsp3) is 0.278. The highest BCUT2D eigenvalue weighted by Gasteiger charge is 2.18. The van der Waals surface area contributed by atoms with Crippen LogP contribution in [0.4, 0.5) is 0 Å². The zero-order chi connectivity index (χ0) is 20.3. The smallest absolute Gasteiger partial charge is 0.321 e. The van der Waals surface area contributed by atoms with Crippen LogP contribution in [0.2, 0.25) is 0 Å². The number of ether oxygens (including phenoxy) is 1. The second-order valence-corrected chi connectivity index (χ2v) is 7.89. The van der Waals surface area contributed by atoms with Crippen molar-refractivity contribution in [1.29, 1.82) is 0 Å². The minimum absolute atomic E-state index is 0.0678. The van der Waals surface area contributed by atoms with Gasteiger partial charge >= 0.3 is 5.97 Å². The van der Waals surface area contributed by atoms with Crippen molar-refractivity contribution in [2.45, 2.75) is 32.3 Å². The van der Waals surface area contributed by atoms with Gasteiger partial charge in [-0.1, -0.05) is 17.7 Å². The molecular weight excluding hydrogens is 386 g/mol. The Morgan fingerprint density at radius 1 is 1.11 bits per heavy atom. The van der Waals surface area contributed by atoms with Crippen LogP contribution in [0.25, 0.3) is 11.5 Å². The normalized spacial score (nSPS) is 11.5. The largest absolute Gasteiger partial charge is 0.466 e. The lowest BCUT2D eigenvalue weighted by Crippen LogP contribution is -2.30. The van der Waals surface area contributed by atoms with E-state index in [0.717, 1.165) is 5.56 Å². The first-order valence-corrected chi connectivity index (χ1v) is 9.84. The Hall–Kier alpha value is -2.98. The molecule has 1 N–H and O–H groups in total. The molecule has 0 aliphatic heterocycles. The van der Waals surface area contributed by atoms with E-state index in [9.17, 15) is 13.2 Å². The summed E-state index contributed by atoms with van der Waals surface area (Å²) in [7, 11) is -3.80. The first-order valence-electron chi connectivity index (χ1n) is 8.36. The first kappa shape index (κ1) is 19.8. The molecule has 0 spiro atoms. The van der Waals surface area contributed by atoms with Crippen LogP contribution in [0.5, 0.6) is 0 Å². The van der Waals surface area contributed by atoms with Crippen LogP contribution in [-0.2, 0) is 26.2 Å². The number of benzene rings is 1. The molecule has 0 saturated carbocycles. The molecule has 10 heteroatoms. The number of sulfonamides is 1. The van der Waals surface area contributed by atoms with E-state index in [1.807, 2.05) is 6.92 Å². The Labute approximate surface area is 161 Å². The van der Waals surface area contributed by atoms with Gasteiger partial charge in [-0.05, 0) is 39.0 Å². The van der Waals surface area contributed by atoms with E-state index in [-0.39, 0.29) is 23.3 Å². The van der Waals surface area contributed by atoms with Gasteiger partial charge < -0.3 is 13.6 Å². The topological polar surface area (TPSA) is 125 Å². The lowest BCUT2D eigenvalue weighted by molar-refractivity contribution is -0.144. The maximum Gasteiger partial charge on any atom is 0.321 e. The van der Waals surface area contributed by atoms with Crippen LogP contribution < -0.4 is 4.72 Å². The molecule has 0 radical (unpaired) electrons. The summed E-state index contributed by atoms with van der Waals surface area (Å²) >= 11 is 0. The molecule has 0 saturated heterocycles. The van der Waals surface area contributed by atoms with Gasteiger partial charge in [0.15, 0.2) is 6.61 Å². The van der Waals surface area contributed by atoms with Crippen molar-refractivity contribution in [3.8, 4) is 11.5 Å². The summed E-state index contributed by atoms with van der Waals surface area (Å²) in [4.78, 5) is 11.9. The number of furan rings is 1. The van der Waals surface area contributed by atoms with Crippen LogP contribution >= 0.6 is 0 Å². The minimum atomic E-state index is -3.80. The molecule has 1 aromatic carbocycles. The monoisotopic (exact) mass is 405 g/mol. The van der Waals surface area contributed by atoms with E-state index < -0.39 is 22.5 Å². The summed E-state index contributed by atoms with van der Waals surface area (Å²) in [6.45, 7) is 4.63. The summed E-state index contributed by atoms with van der Waals surface area (Å²) in [5, 5.41) is 7.70. The van der Waals surface area contributed by atoms with Crippen molar-refractivity contribution in [1.82, 2.24) is 14.9 Å². The Kier molecular flexibility index (Phi) is 5.61. The third kappa shape index (κ3) is 4.65. The van der Waals surface area contributed by atoms with Crippen molar-refractivity contribution >= 4 is 16.0 Å². The maximum absolute atomic E-state index is 12.1. The van der Waals surface area contributed by atoms with Gasteiger partial charge in [0.05, 0.1) is 10.5 Å². The van der Waals surface area contributed by atoms with Crippen LogP contribution in [0.3, 0.4) is 0 Å². The molecule has 0 atom stereocenters. The van der Waals surface area contributed by atoms with E-state index in [0.29, 0.717) is 17.1 Å². The van der Waals surface area contributed by atoms with Crippen molar-refractivity contribution in [2.75, 3.05) is 6.54 Å². The van der Waals surface area contributed by atoms with E-state index in [1.165, 1.54) is 12.1 Å². The summed E-state index contributed by atoms with van der Waals surface area (Å²) in [5.41, 5.74) is 1.59. The Morgan fingerprint density at radius 3 is 2.46 bits per heavy atom. The number of esters is 1. The van der Waals surface area contributed by atoms with Gasteiger partial charge in [-0.2, -0.15) is 4.72 Å². The zero-order valence-electron chi connectivity index (χ0n) is 15.6. The fourth-order valence-electron chi connectivity index (χ4n) is 2.41. The van der Waals surface area contributed by atoms with Gasteiger partial charge in [-0.3, -0.25) is 4.79 Å². The predicted molar refractivity (Wildman–Crippen MR) is 97.6 cm³/mol. The first-order chi connectivity index (χ1) is 13.2. The number of carbonyl (C=O) groups excluding carboxylic acids is 1. The molecule has 148 valence electrons. The predicted octanol–water partition coefficient (Wildman–Crippen LogP) is 2.28. The zero-order valence-corrected chi connectivity index (χ0v) is 16.4. The molecule has 0 amide bonds. The molecule has 0 unspecified atom stereocenters. The lowest BCUT2D eigenvalue weighted by atomic mass is 10.2. The fourth-order valence-corrected chi connectivity index (χ4v) is 3.38. The maximum atomic E-state index is 12.1. The number of nitrogens with zero attached hydrogens (tertiary/aromatic N) is 2. The van der Waals surface area contributed by atoms with Gasteiger partial charge in [-0.15, -0.1) is 10.2 Å². The van der Waals surface area contributed by atoms with Gasteiger partial charge in [0, 0.05) is 0 Å². The molecule has 3 aromatic rings. The van der Waals surface area contributed by atoms with E-state index in [2.05, 4.69) is 14.9 Å². The van der Waals surface area contributed by atoms with Gasteiger partial charge in [0.1, 0.15) is 18.1 Å². The molecule has 2 aromatic heterocycles. The number of rotatable bonds is 7. The molecule has 0 fully saturated rings. The molecular formula is C18H19N3O6S. The molecule has 0 aliphatic rings. The van der Waals surface area contributed by atoms with Crippen molar-refractivity contribution in [3.63, 3.8) is 0 Å². The quantitative estimate of drug-likeness (QED) is 0.594. The molecule has 2 heterocycles. The second kappa shape index (κ2) is 7.95. The summed E-state index contributed by atoms with van der Waals surface area (Å²) in [5.74, 6) is 0.906. The van der Waals surface area contributed by atoms with Crippen LogP contribution in [0, 0.1) is 20.8 Å². The van der Waals surface area contributed by atoms with Crippen LogP contribution in [-0.4, -0.2) is 31.1 Å². The van der Waals surface area contributed by atoms with E-state index in [1.54, 1.807) is 32.0 Å². The van der Waals surface area contributed by atoms with Crippen LogP contribution in [0.15, 0.2) is 44.1 Å². The third-order valence-electron chi connectivity index (χ3n) is 3.83. The van der Waals surface area contributed by atoms with Crippen molar-refractivity contribution < 1.29 is 26.8 Å². The van der Waals surface area contributed by atoms with Crippen molar-refractivity contribution in [2.24, 2.45) is 0 Å². The van der Waals surface area contributed by atoms with E-state index >= 15 is 0 Å². The molecule has 0 bridgehead atoms. The number of aryl methyl sites for hydroxylation is 3. The lowest BCUT2D eigenvalue weighted by Gasteiger charge is -2.06. The number of carbonyl (C=O) groups is 1. The third-order valence-corrected chi connectivity index (χ3v) is 5.25. The highest BCUT2D eigenvalue weighted by atomic mass is 32.2. The Morgan fingerprint density at radius 2 is 1.82 bits per heavy atom. The number of aromatic nitrogens is 2. The Bertz CT molecular complexity index is 1080. The summed E-state index contributed by atoms with van der Waals surface area (Å²) < 4.78 is 42.3. The van der Waals surface area contributed by atoms with Crippen LogP contribution in [0.1, 0.15) is 23.0 Å². The summed E-state index contributed by atoms with van der Waals surface area (Å²) in [6, 6.07) is 8.02. The van der Waals surface area contributed by atoms with Crippen molar-refractivity contribution in [3.05, 3.63) is 53.3 Å². The SMILES string of the molecule is Cc1ccc(S(=O)(=O)NCC(=O)OCc2nnc(-c3cc(C)oc3C)o2)cc1. The minimum Gasteiger partial charge on any atom is -0.466 e. The number of hydrogen-bond donors (Lipinski definition) is 1. The molecule has 28 heavy (non-hydrogen) atoms. The molecule has 9 nitrogen and oxygen atoms in total. The van der Waals surface area contributed by atoms with Gasteiger partial charge in [0.25, 0.3) is 11.8 Å². The standard InChI is InChI=1S/C18H19N3O6S/c1-11-4-6-14(7-5-11)28(23,24)19-9-17(22)25-10-16-20-21-18(27-16)15-8-12(2)26-13(15)3/h4-8,19H,9-10H2,1-3H3. The number of nitrogens with one attached hydrogen (secondary N) is 1. The summed E-state index contributed by atoms with van der Waals surface area (Å²) in [6.07, 6.45) is 0. The highest BCUT2D eigenvalue weighted by molar-refractivity contribution is 7.89. The highest BCUT2D eigenvalue weighted by Crippen LogP contribution is 2.25. The average molecular weight is 405 g/mol. The average Bonchev–Trinajstić information content (AvgIpc) is 3.24. The molecule has 3 rings (SSSR count). The van der Waals surface area contributed by atoms with Gasteiger partial charge in [0.2, 0.25) is 10.0 Å². The molecule has 0 aliphatic carbocycles. The van der Waals surface area contributed by atoms with E-state index in [4.69, 9.17) is 13.6 Å². The van der Waals surface area contributed by atoms with Gasteiger partial charge in [-0.25, -0.2) is 8.42 Å². The second-order valence-electron chi connectivity index (χ2n) is 6.13.